The van der Waals surface area contributed by atoms with Gasteiger partial charge in [-0.15, -0.1) is 11.3 Å². The van der Waals surface area contributed by atoms with Crippen LogP contribution in [0.1, 0.15) is 16.0 Å². The van der Waals surface area contributed by atoms with Crippen molar-refractivity contribution < 1.29 is 4.79 Å². The Morgan fingerprint density at radius 2 is 2.15 bits per heavy atom. The molecule has 0 spiro atoms. The van der Waals surface area contributed by atoms with Crippen LogP contribution in [0.3, 0.4) is 0 Å². The molecular formula is C16H12INOS. The third-order valence-corrected chi connectivity index (χ3v) is 5.12. The first-order valence-corrected chi connectivity index (χ1v) is 8.14. The van der Waals surface area contributed by atoms with Gasteiger partial charge in [-0.05, 0) is 70.3 Å². The van der Waals surface area contributed by atoms with Crippen molar-refractivity contribution in [3.8, 4) is 0 Å². The molecule has 1 aromatic carbocycles. The summed E-state index contributed by atoms with van der Waals surface area (Å²) in [6.07, 6.45) is 3.84. The quantitative estimate of drug-likeness (QED) is 0.601. The van der Waals surface area contributed by atoms with Crippen LogP contribution in [-0.4, -0.2) is 5.91 Å². The lowest BCUT2D eigenvalue weighted by molar-refractivity contribution is -0.115. The van der Waals surface area contributed by atoms with Crippen LogP contribution in [0, 0.1) is 10.5 Å². The van der Waals surface area contributed by atoms with Crippen molar-refractivity contribution in [1.82, 2.24) is 5.32 Å². The lowest BCUT2D eigenvalue weighted by Gasteiger charge is -2.05. The van der Waals surface area contributed by atoms with E-state index in [1.54, 1.807) is 11.3 Å². The highest BCUT2D eigenvalue weighted by Gasteiger charge is 2.19. The summed E-state index contributed by atoms with van der Waals surface area (Å²) in [6, 6.07) is 10.2. The Bertz CT molecular complexity index is 729. The summed E-state index contributed by atoms with van der Waals surface area (Å²) < 4.78 is 1.20. The second-order valence-electron chi connectivity index (χ2n) is 4.59. The third kappa shape index (κ3) is 2.71. The minimum absolute atomic E-state index is 0.0380. The maximum atomic E-state index is 12.0. The minimum atomic E-state index is -0.0380. The molecule has 0 fully saturated rings. The average molecular weight is 393 g/mol. The lowest BCUT2D eigenvalue weighted by atomic mass is 10.1. The van der Waals surface area contributed by atoms with Crippen LogP contribution in [0.15, 0.2) is 47.4 Å². The van der Waals surface area contributed by atoms with Crippen LogP contribution in [0.25, 0.3) is 11.8 Å². The van der Waals surface area contributed by atoms with Gasteiger partial charge in [0.05, 0.1) is 0 Å². The summed E-state index contributed by atoms with van der Waals surface area (Å²) in [5.74, 6) is -0.0380. The number of thiophene rings is 1. The second-order valence-corrected chi connectivity index (χ2v) is 6.73. The minimum Gasteiger partial charge on any atom is -0.321 e. The smallest absolute Gasteiger partial charge is 0.255 e. The normalized spacial score (nSPS) is 16.4. The van der Waals surface area contributed by atoms with E-state index in [1.807, 2.05) is 35.7 Å². The molecule has 1 amide bonds. The maximum Gasteiger partial charge on any atom is 0.255 e. The fraction of sp³-hybridized carbons (Fsp3) is 0.0625. The number of nitrogens with one attached hydrogen (secondary N) is 1. The van der Waals surface area contributed by atoms with Crippen LogP contribution in [-0.2, 0) is 4.79 Å². The Hall–Kier alpha value is -1.40. The van der Waals surface area contributed by atoms with E-state index in [2.05, 4.69) is 47.0 Å². The number of halogens is 1. The molecule has 0 saturated carbocycles. The molecular weight excluding hydrogens is 381 g/mol. The van der Waals surface area contributed by atoms with Gasteiger partial charge >= 0.3 is 0 Å². The number of hydrogen-bond donors (Lipinski definition) is 1. The van der Waals surface area contributed by atoms with E-state index in [9.17, 15) is 4.79 Å². The van der Waals surface area contributed by atoms with Crippen molar-refractivity contribution in [2.24, 2.45) is 0 Å². The Labute approximate surface area is 135 Å². The van der Waals surface area contributed by atoms with Gasteiger partial charge in [0.2, 0.25) is 0 Å². The zero-order chi connectivity index (χ0) is 14.1. The highest BCUT2D eigenvalue weighted by atomic mass is 127. The predicted molar refractivity (Wildman–Crippen MR) is 92.3 cm³/mol. The molecule has 1 aromatic heterocycles. The molecule has 2 heterocycles. The zero-order valence-electron chi connectivity index (χ0n) is 10.8. The fourth-order valence-electron chi connectivity index (χ4n) is 2.00. The molecule has 3 rings (SSSR count). The van der Waals surface area contributed by atoms with Gasteiger partial charge in [0.15, 0.2) is 0 Å². The van der Waals surface area contributed by atoms with Crippen molar-refractivity contribution >= 4 is 51.6 Å². The van der Waals surface area contributed by atoms with Crippen LogP contribution < -0.4 is 5.32 Å². The van der Waals surface area contributed by atoms with E-state index >= 15 is 0 Å². The van der Waals surface area contributed by atoms with E-state index in [0.29, 0.717) is 5.57 Å². The summed E-state index contributed by atoms with van der Waals surface area (Å²) in [4.78, 5) is 13.1. The Kier molecular flexibility index (Phi) is 3.76. The summed E-state index contributed by atoms with van der Waals surface area (Å²) in [5, 5.41) is 4.94. The average Bonchev–Trinajstić information content (AvgIpc) is 3.04. The molecule has 2 nitrogen and oxygen atoms in total. The van der Waals surface area contributed by atoms with Crippen molar-refractivity contribution in [1.29, 1.82) is 0 Å². The second kappa shape index (κ2) is 5.54. The van der Waals surface area contributed by atoms with Crippen LogP contribution in [0.4, 0.5) is 0 Å². The monoisotopic (exact) mass is 393 g/mol. The van der Waals surface area contributed by atoms with Crippen LogP contribution in [0.2, 0.25) is 0 Å². The molecule has 1 aliphatic rings. The van der Waals surface area contributed by atoms with Crippen LogP contribution in [0.5, 0.6) is 0 Å². The molecule has 20 heavy (non-hydrogen) atoms. The number of benzene rings is 1. The fourth-order valence-corrected chi connectivity index (χ4v) is 3.18. The number of aryl methyl sites for hydroxylation is 1. The molecule has 0 saturated heterocycles. The number of carbonyl (C=O) groups excluding carboxylic acids is 1. The molecule has 1 aliphatic heterocycles. The molecule has 4 heteroatoms. The van der Waals surface area contributed by atoms with Gasteiger partial charge in [-0.3, -0.25) is 4.79 Å². The van der Waals surface area contributed by atoms with E-state index in [0.717, 1.165) is 16.1 Å². The Morgan fingerprint density at radius 3 is 2.85 bits per heavy atom. The predicted octanol–water partition coefficient (Wildman–Crippen LogP) is 4.22. The van der Waals surface area contributed by atoms with Gasteiger partial charge in [-0.25, -0.2) is 0 Å². The summed E-state index contributed by atoms with van der Waals surface area (Å²) in [6.45, 7) is 2.08. The van der Waals surface area contributed by atoms with Crippen molar-refractivity contribution in [3.05, 3.63) is 66.9 Å². The largest absolute Gasteiger partial charge is 0.321 e. The number of carbonyl (C=O) groups is 1. The third-order valence-electron chi connectivity index (χ3n) is 3.13. The van der Waals surface area contributed by atoms with E-state index < -0.39 is 0 Å². The highest BCUT2D eigenvalue weighted by molar-refractivity contribution is 14.1. The van der Waals surface area contributed by atoms with Crippen LogP contribution >= 0.6 is 33.9 Å². The number of amides is 1. The Morgan fingerprint density at radius 1 is 1.30 bits per heavy atom. The zero-order valence-corrected chi connectivity index (χ0v) is 13.8. The van der Waals surface area contributed by atoms with Gasteiger partial charge in [-0.2, -0.15) is 0 Å². The molecule has 0 radical (unpaired) electrons. The van der Waals surface area contributed by atoms with E-state index in [1.165, 1.54) is 9.13 Å². The number of hydrogen-bond acceptors (Lipinski definition) is 2. The molecule has 2 aromatic rings. The molecule has 0 unspecified atom stereocenters. The van der Waals surface area contributed by atoms with Crippen molar-refractivity contribution in [2.75, 3.05) is 0 Å². The molecule has 0 bridgehead atoms. The number of rotatable bonds is 2. The van der Waals surface area contributed by atoms with Gasteiger partial charge in [0, 0.05) is 19.7 Å². The first kappa shape index (κ1) is 13.6. The Balaban J connectivity index is 1.96. The lowest BCUT2D eigenvalue weighted by Crippen LogP contribution is -2.15. The first-order valence-electron chi connectivity index (χ1n) is 6.18. The molecule has 1 N–H and O–H groups in total. The molecule has 100 valence electrons. The van der Waals surface area contributed by atoms with Gasteiger partial charge < -0.3 is 5.32 Å². The SMILES string of the molecule is Cc1ccc(C2=CC(=Cc3cccs3)C(=O)N2)cc1I. The van der Waals surface area contributed by atoms with Gasteiger partial charge in [-0.1, -0.05) is 18.2 Å². The summed E-state index contributed by atoms with van der Waals surface area (Å²) >= 11 is 3.94. The molecule has 0 aliphatic carbocycles. The van der Waals surface area contributed by atoms with E-state index in [-0.39, 0.29) is 5.91 Å². The summed E-state index contributed by atoms with van der Waals surface area (Å²) in [7, 11) is 0. The van der Waals surface area contributed by atoms with Crippen molar-refractivity contribution in [2.45, 2.75) is 6.92 Å². The van der Waals surface area contributed by atoms with Crippen molar-refractivity contribution in [3.63, 3.8) is 0 Å². The van der Waals surface area contributed by atoms with Gasteiger partial charge in [0.1, 0.15) is 0 Å². The first-order chi connectivity index (χ1) is 9.63. The molecule has 0 atom stereocenters. The summed E-state index contributed by atoms with van der Waals surface area (Å²) in [5.41, 5.74) is 3.87. The topological polar surface area (TPSA) is 29.1 Å². The highest BCUT2D eigenvalue weighted by Crippen LogP contribution is 2.25. The van der Waals surface area contributed by atoms with Gasteiger partial charge in [0.25, 0.3) is 5.91 Å². The standard InChI is InChI=1S/C16H12INOS/c1-10-4-5-11(8-14(10)17)15-9-12(16(19)18-15)7-13-3-2-6-20-13/h2-9H,1H3,(H,18,19). The van der Waals surface area contributed by atoms with E-state index in [4.69, 9.17) is 0 Å². The maximum absolute atomic E-state index is 12.0.